The minimum absolute atomic E-state index is 0.205. The van der Waals surface area contributed by atoms with Crippen LogP contribution in [0.15, 0.2) is 0 Å². The Morgan fingerprint density at radius 2 is 0.851 bits per heavy atom. The van der Waals surface area contributed by atoms with Crippen LogP contribution in [0.25, 0.3) is 0 Å². The molecule has 2 aliphatic rings. The van der Waals surface area contributed by atoms with Gasteiger partial charge in [0.1, 0.15) is 48.8 Å². The van der Waals surface area contributed by atoms with Crippen molar-refractivity contribution >= 4 is 5.91 Å². The quantitative estimate of drug-likeness (QED) is 0.0263. The zero-order valence-electron chi connectivity index (χ0n) is 42.4. The van der Waals surface area contributed by atoms with Crippen LogP contribution in [-0.2, 0) is 23.7 Å². The molecule has 14 heteroatoms. The Morgan fingerprint density at radius 1 is 0.478 bits per heavy atom. The van der Waals surface area contributed by atoms with Crippen LogP contribution >= 0.6 is 0 Å². The molecule has 0 spiro atoms. The number of ether oxygens (including phenoxy) is 4. The topological polar surface area (TPSA) is 228 Å². The third-order valence-electron chi connectivity index (χ3n) is 14.1. The van der Waals surface area contributed by atoms with Gasteiger partial charge in [0, 0.05) is 6.42 Å². The molecular weight excluding hydrogens is 859 g/mol. The Labute approximate surface area is 406 Å². The monoisotopic (exact) mass is 962 g/mol. The van der Waals surface area contributed by atoms with Gasteiger partial charge < -0.3 is 65.1 Å². The molecule has 2 fully saturated rings. The highest BCUT2D eigenvalue weighted by Gasteiger charge is 2.51. The van der Waals surface area contributed by atoms with Gasteiger partial charge in [0.05, 0.1) is 32.0 Å². The number of aliphatic hydroxyl groups excluding tert-OH is 8. The number of hydrogen-bond acceptors (Lipinski definition) is 13. The molecule has 398 valence electrons. The molecule has 2 heterocycles. The van der Waals surface area contributed by atoms with Crippen LogP contribution in [0.1, 0.15) is 239 Å². The lowest BCUT2D eigenvalue weighted by Gasteiger charge is -2.46. The number of unbranched alkanes of at least 4 members (excludes halogenated alkanes) is 31. The SMILES string of the molecule is CCCCCCCCCCCCCCCCCCCCCCCCC(O)C(COC1OC(CO)C(OC2OC(CO)C(O)C(O)C2O)C(O)C1O)NC(=O)CCCCCCCCCCCCC. The van der Waals surface area contributed by atoms with Crippen LogP contribution in [-0.4, -0.2) is 140 Å². The van der Waals surface area contributed by atoms with Crippen molar-refractivity contribution < 1.29 is 64.6 Å². The second-order valence-electron chi connectivity index (χ2n) is 20.1. The van der Waals surface area contributed by atoms with Crippen molar-refractivity contribution in [3.63, 3.8) is 0 Å². The molecule has 0 aromatic rings. The van der Waals surface area contributed by atoms with Crippen molar-refractivity contribution in [2.45, 2.75) is 312 Å². The van der Waals surface area contributed by atoms with E-state index >= 15 is 0 Å². The van der Waals surface area contributed by atoms with E-state index in [2.05, 4.69) is 19.2 Å². The van der Waals surface area contributed by atoms with Gasteiger partial charge in [-0.1, -0.05) is 219 Å². The van der Waals surface area contributed by atoms with E-state index in [9.17, 15) is 45.6 Å². The third-order valence-corrected chi connectivity index (χ3v) is 14.1. The maximum Gasteiger partial charge on any atom is 0.220 e. The van der Waals surface area contributed by atoms with Gasteiger partial charge in [-0.05, 0) is 12.8 Å². The van der Waals surface area contributed by atoms with Crippen molar-refractivity contribution in [1.29, 1.82) is 0 Å². The van der Waals surface area contributed by atoms with Gasteiger partial charge in [0.25, 0.3) is 0 Å². The molecule has 0 aromatic carbocycles. The summed E-state index contributed by atoms with van der Waals surface area (Å²) in [4.78, 5) is 13.2. The molecule has 67 heavy (non-hydrogen) atoms. The third kappa shape index (κ3) is 27.4. The molecule has 0 radical (unpaired) electrons. The van der Waals surface area contributed by atoms with E-state index in [0.717, 1.165) is 51.4 Å². The van der Waals surface area contributed by atoms with Crippen LogP contribution < -0.4 is 5.32 Å². The highest BCUT2D eigenvalue weighted by Crippen LogP contribution is 2.30. The number of rotatable bonds is 44. The van der Waals surface area contributed by atoms with E-state index in [1.807, 2.05) is 0 Å². The lowest BCUT2D eigenvalue weighted by molar-refractivity contribution is -0.359. The minimum atomic E-state index is -1.78. The van der Waals surface area contributed by atoms with Gasteiger partial charge in [-0.15, -0.1) is 0 Å². The standard InChI is InChI=1S/C53H103NO13/c1-3-5-7-9-11-13-15-16-17-18-19-20-21-22-23-24-25-27-28-30-32-34-36-42(57)41(54-45(58)37-35-33-31-29-26-14-12-10-8-6-4-2)40-64-52-50(63)48(61)51(44(39-56)66-52)67-53-49(62)47(60)46(59)43(38-55)65-53/h41-44,46-53,55-57,59-63H,3-40H2,1-2H3,(H,54,58). The molecule has 0 saturated carbocycles. The Balaban J connectivity index is 1.75. The normalized spacial score (nSPS) is 26.5. The molecule has 2 saturated heterocycles. The van der Waals surface area contributed by atoms with Gasteiger partial charge >= 0.3 is 0 Å². The van der Waals surface area contributed by atoms with Gasteiger partial charge in [-0.3, -0.25) is 4.79 Å². The molecule has 0 aliphatic carbocycles. The largest absolute Gasteiger partial charge is 0.394 e. The summed E-state index contributed by atoms with van der Waals surface area (Å²) < 4.78 is 22.8. The number of carbonyl (C=O) groups is 1. The van der Waals surface area contributed by atoms with E-state index in [1.165, 1.54) is 161 Å². The van der Waals surface area contributed by atoms with Gasteiger partial charge in [0.15, 0.2) is 12.6 Å². The van der Waals surface area contributed by atoms with Crippen molar-refractivity contribution in [3.8, 4) is 0 Å². The van der Waals surface area contributed by atoms with Crippen LogP contribution in [0.4, 0.5) is 0 Å². The summed E-state index contributed by atoms with van der Waals surface area (Å²) in [5.74, 6) is -0.205. The van der Waals surface area contributed by atoms with E-state index in [1.54, 1.807) is 0 Å². The average molecular weight is 962 g/mol. The van der Waals surface area contributed by atoms with Crippen molar-refractivity contribution in [3.05, 3.63) is 0 Å². The Hall–Kier alpha value is -1.01. The highest BCUT2D eigenvalue weighted by atomic mass is 16.7. The number of aliphatic hydroxyl groups is 8. The van der Waals surface area contributed by atoms with E-state index in [-0.39, 0.29) is 12.5 Å². The molecule has 2 aliphatic heterocycles. The number of hydrogen-bond donors (Lipinski definition) is 9. The first kappa shape index (κ1) is 62.1. The fourth-order valence-electron chi connectivity index (χ4n) is 9.53. The van der Waals surface area contributed by atoms with Crippen LogP contribution in [0.5, 0.6) is 0 Å². The maximum atomic E-state index is 13.2. The first-order valence-corrected chi connectivity index (χ1v) is 27.8. The number of amides is 1. The summed E-state index contributed by atoms with van der Waals surface area (Å²) in [6.45, 7) is 2.87. The molecule has 9 N–H and O–H groups in total. The highest BCUT2D eigenvalue weighted by molar-refractivity contribution is 5.76. The fourth-order valence-corrected chi connectivity index (χ4v) is 9.53. The number of nitrogens with one attached hydrogen (secondary N) is 1. The summed E-state index contributed by atoms with van der Waals surface area (Å²) in [5.41, 5.74) is 0. The molecule has 12 unspecified atom stereocenters. The Morgan fingerprint density at radius 3 is 1.27 bits per heavy atom. The average Bonchev–Trinajstić information content (AvgIpc) is 3.32. The molecule has 12 atom stereocenters. The Bertz CT molecular complexity index is 1140. The zero-order chi connectivity index (χ0) is 48.9. The fraction of sp³-hybridized carbons (Fsp3) is 0.981. The van der Waals surface area contributed by atoms with Gasteiger partial charge in [0.2, 0.25) is 5.91 Å². The maximum absolute atomic E-state index is 13.2. The van der Waals surface area contributed by atoms with E-state index in [0.29, 0.717) is 12.8 Å². The zero-order valence-corrected chi connectivity index (χ0v) is 42.4. The van der Waals surface area contributed by atoms with E-state index in [4.69, 9.17) is 18.9 Å². The van der Waals surface area contributed by atoms with Crippen LogP contribution in [0, 0.1) is 0 Å². The summed E-state index contributed by atoms with van der Waals surface area (Å²) in [6, 6.07) is -0.821. The van der Waals surface area contributed by atoms with Gasteiger partial charge in [-0.25, -0.2) is 0 Å². The first-order valence-electron chi connectivity index (χ1n) is 27.8. The van der Waals surface area contributed by atoms with Crippen molar-refractivity contribution in [1.82, 2.24) is 5.32 Å². The summed E-state index contributed by atoms with van der Waals surface area (Å²) >= 11 is 0. The predicted octanol–water partition coefficient (Wildman–Crippen LogP) is 8.17. The first-order chi connectivity index (χ1) is 32.6. The summed E-state index contributed by atoms with van der Waals surface area (Å²) in [7, 11) is 0. The van der Waals surface area contributed by atoms with Crippen molar-refractivity contribution in [2.75, 3.05) is 19.8 Å². The molecule has 0 aromatic heterocycles. The van der Waals surface area contributed by atoms with Gasteiger partial charge in [-0.2, -0.15) is 0 Å². The molecule has 1 amide bonds. The lowest BCUT2D eigenvalue weighted by atomic mass is 9.97. The second kappa shape index (κ2) is 40.6. The van der Waals surface area contributed by atoms with Crippen LogP contribution in [0.2, 0.25) is 0 Å². The van der Waals surface area contributed by atoms with E-state index < -0.39 is 86.8 Å². The Kier molecular flexibility index (Phi) is 37.6. The summed E-state index contributed by atoms with van der Waals surface area (Å²) in [5, 5.41) is 87.0. The minimum Gasteiger partial charge on any atom is -0.394 e. The molecule has 2 rings (SSSR count). The molecule has 14 nitrogen and oxygen atoms in total. The molecular formula is C53H103NO13. The second-order valence-corrected chi connectivity index (χ2v) is 20.1. The van der Waals surface area contributed by atoms with Crippen molar-refractivity contribution in [2.24, 2.45) is 0 Å². The smallest absolute Gasteiger partial charge is 0.220 e. The molecule has 0 bridgehead atoms. The van der Waals surface area contributed by atoms with Crippen LogP contribution in [0.3, 0.4) is 0 Å². The number of carbonyl (C=O) groups excluding carboxylic acids is 1. The summed E-state index contributed by atoms with van der Waals surface area (Å²) in [6.07, 6.45) is 25.4. The lowest BCUT2D eigenvalue weighted by Crippen LogP contribution is -2.65. The predicted molar refractivity (Wildman–Crippen MR) is 263 cm³/mol.